The minimum atomic E-state index is -3.20. The SMILES string of the molecule is Cc1ccc(P(=O)(c2ccc(C)cc2)c2ccc(OC(F)=C(F)F)cc2)cc1. The highest BCUT2D eigenvalue weighted by atomic mass is 31.2. The molecule has 3 rings (SSSR count). The van der Waals surface area contributed by atoms with E-state index in [4.69, 9.17) is 0 Å². The summed E-state index contributed by atoms with van der Waals surface area (Å²) in [6, 6.07) is 18.6. The van der Waals surface area contributed by atoms with Gasteiger partial charge in [-0.1, -0.05) is 59.7 Å². The first-order chi connectivity index (χ1) is 13.3. The molecule has 2 nitrogen and oxygen atoms in total. The molecule has 0 fully saturated rings. The van der Waals surface area contributed by atoms with Crippen molar-refractivity contribution >= 4 is 23.1 Å². The lowest BCUT2D eigenvalue weighted by atomic mass is 10.2. The Labute approximate surface area is 161 Å². The molecule has 0 amide bonds. The van der Waals surface area contributed by atoms with Crippen molar-refractivity contribution < 1.29 is 22.5 Å². The molecule has 3 aromatic carbocycles. The Morgan fingerprint density at radius 2 is 1.04 bits per heavy atom. The van der Waals surface area contributed by atoms with Gasteiger partial charge in [0, 0.05) is 15.9 Å². The molecule has 0 bridgehead atoms. The maximum atomic E-state index is 14.2. The average Bonchev–Trinajstić information content (AvgIpc) is 2.69. The third-order valence-electron chi connectivity index (χ3n) is 4.35. The Hall–Kier alpha value is -2.78. The van der Waals surface area contributed by atoms with Crippen LogP contribution in [0.25, 0.3) is 0 Å². The molecule has 0 aliphatic heterocycles. The summed E-state index contributed by atoms with van der Waals surface area (Å²) >= 11 is 0. The van der Waals surface area contributed by atoms with Gasteiger partial charge in [0.15, 0.2) is 7.14 Å². The van der Waals surface area contributed by atoms with E-state index in [1.54, 1.807) is 0 Å². The maximum absolute atomic E-state index is 14.2. The van der Waals surface area contributed by atoms with Crippen molar-refractivity contribution in [2.24, 2.45) is 0 Å². The summed E-state index contributed by atoms with van der Waals surface area (Å²) in [4.78, 5) is 0. The highest BCUT2D eigenvalue weighted by Gasteiger charge is 2.29. The third-order valence-corrected chi connectivity index (χ3v) is 7.43. The Morgan fingerprint density at radius 3 is 1.39 bits per heavy atom. The van der Waals surface area contributed by atoms with Gasteiger partial charge >= 0.3 is 12.1 Å². The number of hydrogen-bond acceptors (Lipinski definition) is 2. The normalized spacial score (nSPS) is 11.2. The van der Waals surface area contributed by atoms with Crippen LogP contribution < -0.4 is 20.7 Å². The number of benzene rings is 3. The second-order valence-electron chi connectivity index (χ2n) is 6.41. The molecule has 6 heteroatoms. The standard InChI is InChI=1S/C22H18F3O2P/c1-15-3-9-18(10-4-15)28(26,19-11-5-16(2)6-12-19)20-13-7-17(8-14-20)27-22(25)21(23)24/h3-14H,1-2H3. The molecule has 144 valence electrons. The number of hydrogen-bond donors (Lipinski definition) is 0. The Bertz CT molecular complexity index is 987. The van der Waals surface area contributed by atoms with Gasteiger partial charge in [-0.25, -0.2) is 0 Å². The summed E-state index contributed by atoms with van der Waals surface area (Å²) in [5, 5.41) is 1.80. The zero-order chi connectivity index (χ0) is 20.3. The summed E-state index contributed by atoms with van der Waals surface area (Å²) in [5.41, 5.74) is 2.08. The summed E-state index contributed by atoms with van der Waals surface area (Å²) < 4.78 is 56.2. The molecule has 0 aliphatic rings. The van der Waals surface area contributed by atoms with Gasteiger partial charge in [0.05, 0.1) is 0 Å². The van der Waals surface area contributed by atoms with E-state index < -0.39 is 19.2 Å². The predicted octanol–water partition coefficient (Wildman–Crippen LogP) is 5.36. The van der Waals surface area contributed by atoms with Crippen LogP contribution in [-0.2, 0) is 4.57 Å². The molecule has 0 atom stereocenters. The molecule has 0 aliphatic carbocycles. The predicted molar refractivity (Wildman–Crippen MR) is 106 cm³/mol. The molecule has 0 saturated carbocycles. The van der Waals surface area contributed by atoms with E-state index in [-0.39, 0.29) is 5.75 Å². The van der Waals surface area contributed by atoms with E-state index in [1.165, 1.54) is 24.3 Å². The van der Waals surface area contributed by atoms with Gasteiger partial charge in [-0.2, -0.15) is 13.2 Å². The molecule has 0 unspecified atom stereocenters. The van der Waals surface area contributed by atoms with Crippen LogP contribution in [0.3, 0.4) is 0 Å². The fourth-order valence-corrected chi connectivity index (χ4v) is 5.42. The maximum Gasteiger partial charge on any atom is 0.344 e. The molecule has 0 aromatic heterocycles. The van der Waals surface area contributed by atoms with Gasteiger partial charge in [-0.15, -0.1) is 0 Å². The van der Waals surface area contributed by atoms with Crippen molar-refractivity contribution in [1.29, 1.82) is 0 Å². The fraction of sp³-hybridized carbons (Fsp3) is 0.0909. The van der Waals surface area contributed by atoms with E-state index in [9.17, 15) is 17.7 Å². The molecule has 0 radical (unpaired) electrons. The number of halogens is 3. The van der Waals surface area contributed by atoms with E-state index in [0.717, 1.165) is 11.1 Å². The second kappa shape index (κ2) is 8.07. The van der Waals surface area contributed by atoms with Crippen LogP contribution in [0.4, 0.5) is 13.2 Å². The lowest BCUT2D eigenvalue weighted by Gasteiger charge is -2.20. The van der Waals surface area contributed by atoms with Crippen LogP contribution >= 0.6 is 7.14 Å². The molecule has 28 heavy (non-hydrogen) atoms. The first-order valence-electron chi connectivity index (χ1n) is 8.54. The van der Waals surface area contributed by atoms with Gasteiger partial charge in [-0.05, 0) is 38.1 Å². The first-order valence-corrected chi connectivity index (χ1v) is 10.2. The van der Waals surface area contributed by atoms with Crippen LogP contribution in [-0.4, -0.2) is 0 Å². The third kappa shape index (κ3) is 4.05. The minimum Gasteiger partial charge on any atom is -0.428 e. The Balaban J connectivity index is 2.09. The molecule has 3 aromatic rings. The van der Waals surface area contributed by atoms with Crippen molar-refractivity contribution in [2.75, 3.05) is 0 Å². The highest BCUT2D eigenvalue weighted by molar-refractivity contribution is 7.85. The first kappa shape index (κ1) is 20.0. The van der Waals surface area contributed by atoms with Gasteiger partial charge in [-0.3, -0.25) is 0 Å². The van der Waals surface area contributed by atoms with Gasteiger partial charge in [0.25, 0.3) is 0 Å². The van der Waals surface area contributed by atoms with Gasteiger partial charge in [0.1, 0.15) is 5.75 Å². The van der Waals surface area contributed by atoms with Crippen molar-refractivity contribution in [1.82, 2.24) is 0 Å². The van der Waals surface area contributed by atoms with E-state index in [1.807, 2.05) is 62.4 Å². The van der Waals surface area contributed by atoms with E-state index >= 15 is 0 Å². The van der Waals surface area contributed by atoms with Crippen molar-refractivity contribution in [2.45, 2.75) is 13.8 Å². The molecular weight excluding hydrogens is 384 g/mol. The number of aryl methyl sites for hydroxylation is 2. The van der Waals surface area contributed by atoms with Crippen LogP contribution in [0.1, 0.15) is 11.1 Å². The number of rotatable bonds is 5. The van der Waals surface area contributed by atoms with E-state index in [2.05, 4.69) is 4.74 Å². The van der Waals surface area contributed by atoms with Crippen LogP contribution in [0.2, 0.25) is 0 Å². The monoisotopic (exact) mass is 402 g/mol. The highest BCUT2D eigenvalue weighted by Crippen LogP contribution is 2.42. The quantitative estimate of drug-likeness (QED) is 0.424. The van der Waals surface area contributed by atoms with Crippen molar-refractivity contribution in [3.05, 3.63) is 96.0 Å². The zero-order valence-electron chi connectivity index (χ0n) is 15.3. The topological polar surface area (TPSA) is 26.3 Å². The van der Waals surface area contributed by atoms with Crippen LogP contribution in [0.5, 0.6) is 5.75 Å². The molecule has 0 saturated heterocycles. The lowest BCUT2D eigenvalue weighted by molar-refractivity contribution is 0.241. The van der Waals surface area contributed by atoms with Crippen molar-refractivity contribution in [3.63, 3.8) is 0 Å². The summed E-state index contributed by atoms with van der Waals surface area (Å²) in [5.74, 6) is -0.103. The van der Waals surface area contributed by atoms with Gasteiger partial charge in [0.2, 0.25) is 0 Å². The summed E-state index contributed by atoms with van der Waals surface area (Å²) in [6.45, 7) is 3.89. The van der Waals surface area contributed by atoms with Gasteiger partial charge < -0.3 is 9.30 Å². The number of ether oxygens (including phenoxy) is 1. The van der Waals surface area contributed by atoms with Crippen LogP contribution in [0, 0.1) is 13.8 Å². The Kier molecular flexibility index (Phi) is 5.76. The second-order valence-corrected chi connectivity index (χ2v) is 9.18. The summed E-state index contributed by atoms with van der Waals surface area (Å²) in [6.07, 6.45) is -2.53. The summed E-state index contributed by atoms with van der Waals surface area (Å²) in [7, 11) is -3.20. The zero-order valence-corrected chi connectivity index (χ0v) is 16.2. The molecule has 0 N–H and O–H groups in total. The molecule has 0 heterocycles. The van der Waals surface area contributed by atoms with E-state index in [0.29, 0.717) is 15.9 Å². The Morgan fingerprint density at radius 1 is 0.679 bits per heavy atom. The largest absolute Gasteiger partial charge is 0.428 e. The molecular formula is C22H18F3O2P. The molecule has 0 spiro atoms. The fourth-order valence-electron chi connectivity index (χ4n) is 2.82. The average molecular weight is 402 g/mol. The minimum absolute atomic E-state index is 0.103. The van der Waals surface area contributed by atoms with Crippen LogP contribution in [0.15, 0.2) is 84.9 Å². The lowest BCUT2D eigenvalue weighted by Crippen LogP contribution is -2.25. The smallest absolute Gasteiger partial charge is 0.344 e. The van der Waals surface area contributed by atoms with Crippen molar-refractivity contribution in [3.8, 4) is 5.75 Å².